The Morgan fingerprint density at radius 3 is 3.08 bits per heavy atom. The van der Waals surface area contributed by atoms with Crippen molar-refractivity contribution in [2.75, 3.05) is 11.9 Å². The fourth-order valence-corrected chi connectivity index (χ4v) is 3.06. The normalized spacial score (nSPS) is 13.7. The molecule has 4 aromatic rings. The number of nitrogens with one attached hydrogen (secondary N) is 1. The zero-order valence-corrected chi connectivity index (χ0v) is 12.8. The van der Waals surface area contributed by atoms with Crippen LogP contribution in [0.15, 0.2) is 42.5 Å². The number of rotatable bonds is 2. The Kier molecular flexibility index (Phi) is 2.84. The largest absolute Gasteiger partial charge is 0.436 e. The molecule has 0 amide bonds. The maximum absolute atomic E-state index is 6.01. The van der Waals surface area contributed by atoms with Gasteiger partial charge in [0.25, 0.3) is 5.88 Å². The van der Waals surface area contributed by atoms with E-state index in [0.717, 1.165) is 41.9 Å². The van der Waals surface area contributed by atoms with Crippen LogP contribution in [0.4, 0.5) is 5.69 Å². The molecule has 3 heterocycles. The average molecular weight is 318 g/mol. The number of aryl methyl sites for hydroxylation is 1. The zero-order valence-electron chi connectivity index (χ0n) is 12.8. The van der Waals surface area contributed by atoms with Crippen molar-refractivity contribution < 1.29 is 4.74 Å². The number of ether oxygens (including phenoxy) is 1. The first-order chi connectivity index (χ1) is 11.9. The highest BCUT2D eigenvalue weighted by atomic mass is 16.5. The highest BCUT2D eigenvalue weighted by Crippen LogP contribution is 2.31. The van der Waals surface area contributed by atoms with E-state index in [9.17, 15) is 0 Å². The second kappa shape index (κ2) is 5.16. The predicted octanol–water partition coefficient (Wildman–Crippen LogP) is 2.82. The molecule has 1 N–H and O–H groups in total. The molecule has 1 aliphatic rings. The van der Waals surface area contributed by atoms with Crippen LogP contribution in [0, 0.1) is 0 Å². The molecule has 7 heteroatoms. The van der Waals surface area contributed by atoms with Crippen LogP contribution in [-0.4, -0.2) is 31.6 Å². The summed E-state index contributed by atoms with van der Waals surface area (Å²) in [6, 6.07) is 13.8. The van der Waals surface area contributed by atoms with Crippen LogP contribution in [0.25, 0.3) is 16.7 Å². The van der Waals surface area contributed by atoms with Crippen molar-refractivity contribution in [3.63, 3.8) is 0 Å². The van der Waals surface area contributed by atoms with Crippen LogP contribution in [0.1, 0.15) is 12.0 Å². The van der Waals surface area contributed by atoms with Crippen molar-refractivity contribution >= 4 is 22.4 Å². The van der Waals surface area contributed by atoms with Crippen LogP contribution < -0.4 is 10.1 Å². The second-order valence-corrected chi connectivity index (χ2v) is 5.77. The SMILES string of the molecule is c1ccc2c(c1)nc(Oc1ccc3c(c1)NCCC3)c1nnnn12. The van der Waals surface area contributed by atoms with Crippen LogP contribution in [0.5, 0.6) is 11.6 Å². The maximum atomic E-state index is 6.01. The molecular formula is C17H14N6O. The molecule has 0 saturated carbocycles. The van der Waals surface area contributed by atoms with Gasteiger partial charge in [0.1, 0.15) is 5.75 Å². The summed E-state index contributed by atoms with van der Waals surface area (Å²) in [5.41, 5.74) is 4.56. The van der Waals surface area contributed by atoms with E-state index in [4.69, 9.17) is 4.74 Å². The lowest BCUT2D eigenvalue weighted by Gasteiger charge is -2.18. The van der Waals surface area contributed by atoms with E-state index >= 15 is 0 Å². The molecule has 0 aliphatic carbocycles. The van der Waals surface area contributed by atoms with Gasteiger partial charge < -0.3 is 10.1 Å². The standard InChI is InChI=1S/C17H14N6O/c1-2-6-15-13(5-1)19-17(16-20-21-22-23(15)16)24-12-8-7-11-4-3-9-18-14(11)10-12/h1-2,5-8,10,18H,3-4,9H2. The summed E-state index contributed by atoms with van der Waals surface area (Å²) in [7, 11) is 0. The molecule has 5 rings (SSSR count). The summed E-state index contributed by atoms with van der Waals surface area (Å²) < 4.78 is 7.66. The number of anilines is 1. The Morgan fingerprint density at radius 1 is 1.12 bits per heavy atom. The minimum absolute atomic E-state index is 0.398. The second-order valence-electron chi connectivity index (χ2n) is 5.77. The van der Waals surface area contributed by atoms with Gasteiger partial charge in [-0.25, -0.2) is 4.98 Å². The first-order valence-corrected chi connectivity index (χ1v) is 7.90. The summed E-state index contributed by atoms with van der Waals surface area (Å²) in [4.78, 5) is 4.58. The zero-order chi connectivity index (χ0) is 15.9. The quantitative estimate of drug-likeness (QED) is 0.612. The number of fused-ring (bicyclic) bond motifs is 4. The first kappa shape index (κ1) is 13.2. The van der Waals surface area contributed by atoms with Crippen LogP contribution in [0.3, 0.4) is 0 Å². The lowest BCUT2D eigenvalue weighted by molar-refractivity contribution is 0.467. The summed E-state index contributed by atoms with van der Waals surface area (Å²) >= 11 is 0. The Hall–Kier alpha value is -3.22. The predicted molar refractivity (Wildman–Crippen MR) is 89.4 cm³/mol. The van der Waals surface area contributed by atoms with E-state index in [1.165, 1.54) is 5.56 Å². The molecule has 7 nitrogen and oxygen atoms in total. The van der Waals surface area contributed by atoms with Crippen LogP contribution in [0.2, 0.25) is 0 Å². The van der Waals surface area contributed by atoms with E-state index < -0.39 is 0 Å². The molecule has 0 spiro atoms. The minimum Gasteiger partial charge on any atom is -0.436 e. The van der Waals surface area contributed by atoms with Crippen molar-refractivity contribution in [3.8, 4) is 11.6 Å². The number of para-hydroxylation sites is 2. The Balaban J connectivity index is 1.62. The summed E-state index contributed by atoms with van der Waals surface area (Å²) in [6.07, 6.45) is 2.25. The molecule has 0 bridgehead atoms. The molecule has 2 aromatic heterocycles. The molecule has 0 unspecified atom stereocenters. The van der Waals surface area contributed by atoms with Crippen molar-refractivity contribution in [3.05, 3.63) is 48.0 Å². The number of benzene rings is 2. The highest BCUT2D eigenvalue weighted by Gasteiger charge is 2.15. The van der Waals surface area contributed by atoms with Gasteiger partial charge in [-0.05, 0) is 47.0 Å². The van der Waals surface area contributed by atoms with Gasteiger partial charge in [-0.15, -0.1) is 5.10 Å². The molecule has 0 atom stereocenters. The van der Waals surface area contributed by atoms with Crippen molar-refractivity contribution in [1.82, 2.24) is 25.0 Å². The van der Waals surface area contributed by atoms with E-state index in [1.807, 2.05) is 36.4 Å². The van der Waals surface area contributed by atoms with E-state index in [-0.39, 0.29) is 0 Å². The lowest BCUT2D eigenvalue weighted by atomic mass is 10.0. The number of nitrogens with zero attached hydrogens (tertiary/aromatic N) is 5. The molecule has 2 aromatic carbocycles. The molecule has 118 valence electrons. The van der Waals surface area contributed by atoms with Gasteiger partial charge in [-0.1, -0.05) is 18.2 Å². The van der Waals surface area contributed by atoms with E-state index in [1.54, 1.807) is 4.52 Å². The average Bonchev–Trinajstić information content (AvgIpc) is 3.12. The molecule has 0 saturated heterocycles. The van der Waals surface area contributed by atoms with Crippen molar-refractivity contribution in [1.29, 1.82) is 0 Å². The van der Waals surface area contributed by atoms with Crippen molar-refractivity contribution in [2.45, 2.75) is 12.8 Å². The van der Waals surface area contributed by atoms with Gasteiger partial charge in [0.15, 0.2) is 0 Å². The first-order valence-electron chi connectivity index (χ1n) is 7.90. The monoisotopic (exact) mass is 318 g/mol. The van der Waals surface area contributed by atoms with Gasteiger partial charge >= 0.3 is 0 Å². The van der Waals surface area contributed by atoms with Gasteiger partial charge in [-0.3, -0.25) is 0 Å². The number of hydrogen-bond donors (Lipinski definition) is 1. The summed E-state index contributed by atoms with van der Waals surface area (Å²) in [5.74, 6) is 1.12. The minimum atomic E-state index is 0.398. The molecule has 0 fully saturated rings. The Bertz CT molecular complexity index is 1060. The summed E-state index contributed by atoms with van der Waals surface area (Å²) in [6.45, 7) is 0.989. The molecule has 1 aliphatic heterocycles. The number of aromatic nitrogens is 5. The smallest absolute Gasteiger partial charge is 0.268 e. The van der Waals surface area contributed by atoms with Gasteiger partial charge in [0.2, 0.25) is 5.65 Å². The Morgan fingerprint density at radius 2 is 2.08 bits per heavy atom. The number of hydrogen-bond acceptors (Lipinski definition) is 6. The summed E-state index contributed by atoms with van der Waals surface area (Å²) in [5, 5.41) is 15.3. The van der Waals surface area contributed by atoms with E-state index in [2.05, 4.69) is 31.9 Å². The Labute approximate surface area is 137 Å². The third kappa shape index (κ3) is 2.05. The van der Waals surface area contributed by atoms with Crippen molar-refractivity contribution in [2.24, 2.45) is 0 Å². The van der Waals surface area contributed by atoms with Gasteiger partial charge in [-0.2, -0.15) is 4.52 Å². The highest BCUT2D eigenvalue weighted by molar-refractivity contribution is 5.78. The third-order valence-electron chi connectivity index (χ3n) is 4.23. The molecule has 0 radical (unpaired) electrons. The van der Waals surface area contributed by atoms with Crippen LogP contribution in [-0.2, 0) is 6.42 Å². The topological polar surface area (TPSA) is 77.2 Å². The lowest BCUT2D eigenvalue weighted by Crippen LogP contribution is -2.11. The van der Waals surface area contributed by atoms with E-state index in [0.29, 0.717) is 11.5 Å². The third-order valence-corrected chi connectivity index (χ3v) is 4.23. The fraction of sp³-hybridized carbons (Fsp3) is 0.176. The number of tetrazole rings is 1. The molecular weight excluding hydrogens is 304 g/mol. The maximum Gasteiger partial charge on any atom is 0.268 e. The fourth-order valence-electron chi connectivity index (χ4n) is 3.06. The van der Waals surface area contributed by atoms with Gasteiger partial charge in [0.05, 0.1) is 11.0 Å². The van der Waals surface area contributed by atoms with Gasteiger partial charge in [0, 0.05) is 18.3 Å². The molecule has 24 heavy (non-hydrogen) atoms. The van der Waals surface area contributed by atoms with Crippen LogP contribution >= 0.6 is 0 Å².